The summed E-state index contributed by atoms with van der Waals surface area (Å²) >= 11 is 0. The summed E-state index contributed by atoms with van der Waals surface area (Å²) in [7, 11) is 1.13. The number of hydrogen-bond acceptors (Lipinski definition) is 5. The normalized spacial score (nSPS) is 9.29. The van der Waals surface area contributed by atoms with E-state index >= 15 is 0 Å². The fourth-order valence-electron chi connectivity index (χ4n) is 0.732. The van der Waals surface area contributed by atoms with Crippen molar-refractivity contribution >= 4 is 17.6 Å². The standard InChI is InChI=1S/C8H9N3O3/c1-5-9-3-6(4-10-5)11-7(12)8(13)14-2/h3-4H,1-2H3,(H,11,12). The highest BCUT2D eigenvalue weighted by atomic mass is 16.5. The number of nitrogens with zero attached hydrogens (tertiary/aromatic N) is 2. The molecule has 6 heteroatoms. The number of nitrogens with one attached hydrogen (secondary N) is 1. The molecule has 1 heterocycles. The van der Waals surface area contributed by atoms with Gasteiger partial charge in [-0.3, -0.25) is 4.79 Å². The van der Waals surface area contributed by atoms with Crippen LogP contribution in [0.25, 0.3) is 0 Å². The minimum absolute atomic E-state index is 0.353. The third-order valence-corrected chi connectivity index (χ3v) is 1.41. The SMILES string of the molecule is COC(=O)C(=O)Nc1cnc(C)nc1. The van der Waals surface area contributed by atoms with Gasteiger partial charge in [-0.1, -0.05) is 0 Å². The largest absolute Gasteiger partial charge is 0.462 e. The van der Waals surface area contributed by atoms with Gasteiger partial charge in [0.15, 0.2) is 0 Å². The predicted octanol–water partition coefficient (Wildman–Crippen LogP) is -0.103. The van der Waals surface area contributed by atoms with Crippen molar-refractivity contribution in [1.82, 2.24) is 9.97 Å². The lowest BCUT2D eigenvalue weighted by Crippen LogP contribution is -2.23. The maximum Gasteiger partial charge on any atom is 0.396 e. The van der Waals surface area contributed by atoms with Gasteiger partial charge in [-0.15, -0.1) is 0 Å². The molecule has 1 aromatic rings. The van der Waals surface area contributed by atoms with Crippen LogP contribution in [0.1, 0.15) is 5.82 Å². The van der Waals surface area contributed by atoms with E-state index in [4.69, 9.17) is 0 Å². The van der Waals surface area contributed by atoms with Crippen LogP contribution in [0.15, 0.2) is 12.4 Å². The van der Waals surface area contributed by atoms with Crippen molar-refractivity contribution in [3.63, 3.8) is 0 Å². The molecule has 0 atom stereocenters. The van der Waals surface area contributed by atoms with Crippen molar-refractivity contribution in [2.24, 2.45) is 0 Å². The Morgan fingerprint density at radius 2 is 1.93 bits per heavy atom. The molecule has 1 amide bonds. The summed E-state index contributed by atoms with van der Waals surface area (Å²) in [5.41, 5.74) is 0.353. The van der Waals surface area contributed by atoms with Crippen LogP contribution >= 0.6 is 0 Å². The monoisotopic (exact) mass is 195 g/mol. The van der Waals surface area contributed by atoms with Gasteiger partial charge < -0.3 is 10.1 Å². The molecule has 14 heavy (non-hydrogen) atoms. The molecule has 1 N–H and O–H groups in total. The predicted molar refractivity (Wildman–Crippen MR) is 47.4 cm³/mol. The number of aryl methyl sites for hydroxylation is 1. The number of carbonyl (C=O) groups is 2. The van der Waals surface area contributed by atoms with E-state index in [2.05, 4.69) is 20.0 Å². The molecular formula is C8H9N3O3. The lowest BCUT2D eigenvalue weighted by atomic mass is 10.5. The van der Waals surface area contributed by atoms with Gasteiger partial charge in [-0.2, -0.15) is 0 Å². The van der Waals surface area contributed by atoms with Crippen LogP contribution in [0, 0.1) is 6.92 Å². The summed E-state index contributed by atoms with van der Waals surface area (Å²) in [5, 5.41) is 2.28. The molecule has 0 unspecified atom stereocenters. The van der Waals surface area contributed by atoms with Gasteiger partial charge in [0.1, 0.15) is 5.82 Å². The Morgan fingerprint density at radius 3 is 2.43 bits per heavy atom. The number of ether oxygens (including phenoxy) is 1. The average Bonchev–Trinajstić information content (AvgIpc) is 2.20. The van der Waals surface area contributed by atoms with Crippen LogP contribution in [-0.4, -0.2) is 29.0 Å². The van der Waals surface area contributed by atoms with Crippen LogP contribution in [-0.2, 0) is 14.3 Å². The van der Waals surface area contributed by atoms with E-state index in [9.17, 15) is 9.59 Å². The van der Waals surface area contributed by atoms with Crippen LogP contribution < -0.4 is 5.32 Å². The van der Waals surface area contributed by atoms with Crippen LogP contribution in [0.5, 0.6) is 0 Å². The molecule has 1 rings (SSSR count). The lowest BCUT2D eigenvalue weighted by Gasteiger charge is -2.01. The van der Waals surface area contributed by atoms with Crippen LogP contribution in [0.4, 0.5) is 5.69 Å². The zero-order chi connectivity index (χ0) is 10.6. The van der Waals surface area contributed by atoms with Crippen LogP contribution in [0.3, 0.4) is 0 Å². The van der Waals surface area contributed by atoms with Crippen molar-refractivity contribution in [2.45, 2.75) is 6.92 Å². The smallest absolute Gasteiger partial charge is 0.396 e. The third kappa shape index (κ3) is 2.51. The number of anilines is 1. The second kappa shape index (κ2) is 4.31. The number of esters is 1. The minimum Gasteiger partial charge on any atom is -0.462 e. The van der Waals surface area contributed by atoms with E-state index in [0.29, 0.717) is 11.5 Å². The lowest BCUT2D eigenvalue weighted by molar-refractivity contribution is -0.150. The van der Waals surface area contributed by atoms with E-state index < -0.39 is 11.9 Å². The van der Waals surface area contributed by atoms with Gasteiger partial charge in [0, 0.05) is 0 Å². The molecule has 1 aromatic heterocycles. The van der Waals surface area contributed by atoms with Gasteiger partial charge in [0.05, 0.1) is 25.2 Å². The maximum atomic E-state index is 11.0. The second-order valence-corrected chi connectivity index (χ2v) is 2.46. The number of rotatable bonds is 1. The highest BCUT2D eigenvalue weighted by Crippen LogP contribution is 2.01. The van der Waals surface area contributed by atoms with Gasteiger partial charge >= 0.3 is 11.9 Å². The van der Waals surface area contributed by atoms with Gasteiger partial charge in [0.2, 0.25) is 0 Å². The highest BCUT2D eigenvalue weighted by Gasteiger charge is 2.13. The number of carbonyl (C=O) groups excluding carboxylic acids is 2. The molecule has 6 nitrogen and oxygen atoms in total. The van der Waals surface area contributed by atoms with E-state index in [1.54, 1.807) is 6.92 Å². The molecule has 0 spiro atoms. The first-order valence-electron chi connectivity index (χ1n) is 3.81. The Hall–Kier alpha value is -1.98. The zero-order valence-electron chi connectivity index (χ0n) is 7.77. The van der Waals surface area contributed by atoms with Crippen molar-refractivity contribution in [1.29, 1.82) is 0 Å². The highest BCUT2D eigenvalue weighted by molar-refractivity contribution is 6.37. The summed E-state index contributed by atoms with van der Waals surface area (Å²) in [6.07, 6.45) is 2.81. The first-order valence-corrected chi connectivity index (χ1v) is 3.81. The Balaban J connectivity index is 2.65. The molecule has 0 saturated heterocycles. The Morgan fingerprint density at radius 1 is 1.36 bits per heavy atom. The molecule has 0 bridgehead atoms. The van der Waals surface area contributed by atoms with Crippen molar-refractivity contribution in [2.75, 3.05) is 12.4 Å². The summed E-state index contributed by atoms with van der Waals surface area (Å²) < 4.78 is 4.22. The van der Waals surface area contributed by atoms with Gasteiger partial charge in [0.25, 0.3) is 0 Å². The first kappa shape index (κ1) is 10.1. The summed E-state index contributed by atoms with van der Waals surface area (Å²) in [4.78, 5) is 29.4. The topological polar surface area (TPSA) is 81.2 Å². The quantitative estimate of drug-likeness (QED) is 0.499. The molecular weight excluding hydrogens is 186 g/mol. The summed E-state index contributed by atoms with van der Waals surface area (Å²) in [6, 6.07) is 0. The first-order chi connectivity index (χ1) is 6.63. The second-order valence-electron chi connectivity index (χ2n) is 2.46. The molecule has 0 aliphatic heterocycles. The molecule has 74 valence electrons. The van der Waals surface area contributed by atoms with Gasteiger partial charge in [-0.25, -0.2) is 14.8 Å². The molecule has 0 radical (unpaired) electrons. The fourth-order valence-corrected chi connectivity index (χ4v) is 0.732. The number of methoxy groups -OCH3 is 1. The van der Waals surface area contributed by atoms with E-state index in [1.165, 1.54) is 12.4 Å². The molecule has 0 fully saturated rings. The summed E-state index contributed by atoms with van der Waals surface area (Å²) in [5.74, 6) is -1.22. The third-order valence-electron chi connectivity index (χ3n) is 1.41. The average molecular weight is 195 g/mol. The fraction of sp³-hybridized carbons (Fsp3) is 0.250. The summed E-state index contributed by atoms with van der Waals surface area (Å²) in [6.45, 7) is 1.71. The Kier molecular flexibility index (Phi) is 3.11. The maximum absolute atomic E-state index is 11.0. The Labute approximate surface area is 80.3 Å². The molecule has 0 aliphatic carbocycles. The van der Waals surface area contributed by atoms with Crippen molar-refractivity contribution in [3.8, 4) is 0 Å². The molecule has 0 aliphatic rings. The van der Waals surface area contributed by atoms with Crippen molar-refractivity contribution < 1.29 is 14.3 Å². The number of hydrogen-bond donors (Lipinski definition) is 1. The zero-order valence-corrected chi connectivity index (χ0v) is 7.77. The number of aromatic nitrogens is 2. The van der Waals surface area contributed by atoms with E-state index in [1.807, 2.05) is 0 Å². The minimum atomic E-state index is -0.953. The van der Waals surface area contributed by atoms with Crippen LogP contribution in [0.2, 0.25) is 0 Å². The number of amides is 1. The van der Waals surface area contributed by atoms with E-state index in [0.717, 1.165) is 7.11 Å². The van der Waals surface area contributed by atoms with Gasteiger partial charge in [-0.05, 0) is 6.92 Å². The Bertz CT molecular complexity index is 347. The van der Waals surface area contributed by atoms with Crippen molar-refractivity contribution in [3.05, 3.63) is 18.2 Å². The molecule has 0 aromatic carbocycles. The molecule has 0 saturated carbocycles. The van der Waals surface area contributed by atoms with E-state index in [-0.39, 0.29) is 0 Å².